The molecule has 0 radical (unpaired) electrons. The lowest BCUT2D eigenvalue weighted by Gasteiger charge is -2.10. The second-order valence-electron chi connectivity index (χ2n) is 5.36. The second-order valence-corrected chi connectivity index (χ2v) is 5.36. The van der Waals surface area contributed by atoms with Gasteiger partial charge in [0.1, 0.15) is 11.4 Å². The average molecular weight is 409 g/mol. The molecule has 0 aliphatic rings. The van der Waals surface area contributed by atoms with Gasteiger partial charge in [0.05, 0.1) is 11.1 Å². The van der Waals surface area contributed by atoms with Gasteiger partial charge in [0.15, 0.2) is 0 Å². The predicted molar refractivity (Wildman–Crippen MR) is 83.5 cm³/mol. The molecule has 1 N–H and O–H groups in total. The molecule has 1 amide bonds. The molecule has 6 nitrogen and oxygen atoms in total. The summed E-state index contributed by atoms with van der Waals surface area (Å²) < 4.78 is 72.1. The second kappa shape index (κ2) is 8.67. The van der Waals surface area contributed by atoms with Gasteiger partial charge in [-0.3, -0.25) is 14.8 Å². The molecule has 0 aliphatic heterocycles. The van der Waals surface area contributed by atoms with Crippen molar-refractivity contribution in [3.63, 3.8) is 0 Å². The number of carboxylic acids is 1. The normalized spacial score (nSPS) is 11.3. The molecule has 28 heavy (non-hydrogen) atoms. The van der Waals surface area contributed by atoms with Crippen molar-refractivity contribution in [3.8, 4) is 0 Å². The van der Waals surface area contributed by atoms with Crippen LogP contribution in [0.3, 0.4) is 0 Å². The number of amides is 1. The number of rotatable bonds is 2. The summed E-state index contributed by atoms with van der Waals surface area (Å²) >= 11 is 0. The minimum atomic E-state index is -4.53. The predicted octanol–water partition coefficient (Wildman–Crippen LogP) is 3.60. The maximum atomic E-state index is 12.1. The maximum absolute atomic E-state index is 12.1. The quantitative estimate of drug-likeness (QED) is 0.767. The van der Waals surface area contributed by atoms with Crippen LogP contribution in [-0.4, -0.2) is 45.9 Å². The summed E-state index contributed by atoms with van der Waals surface area (Å²) in [7, 11) is 3.03. The van der Waals surface area contributed by atoms with E-state index in [0.29, 0.717) is 12.3 Å². The van der Waals surface area contributed by atoms with Gasteiger partial charge in [0.2, 0.25) is 0 Å². The van der Waals surface area contributed by atoms with Crippen LogP contribution in [0.2, 0.25) is 0 Å². The van der Waals surface area contributed by atoms with E-state index >= 15 is 0 Å². The SMILES string of the molecule is CN(C)C(=O)c1ccc(C(F)(F)F)nc1.O=C(O)c1ccc(C(F)(F)F)nc1. The van der Waals surface area contributed by atoms with Crippen molar-refractivity contribution in [2.45, 2.75) is 12.4 Å². The lowest BCUT2D eigenvalue weighted by molar-refractivity contribution is -0.142. The molecule has 2 aromatic heterocycles. The highest BCUT2D eigenvalue weighted by Gasteiger charge is 2.33. The van der Waals surface area contributed by atoms with E-state index in [1.165, 1.54) is 19.0 Å². The van der Waals surface area contributed by atoms with E-state index in [4.69, 9.17) is 5.11 Å². The molecule has 0 fully saturated rings. The van der Waals surface area contributed by atoms with E-state index in [-0.39, 0.29) is 17.0 Å². The monoisotopic (exact) mass is 409 g/mol. The Labute approximate surface area is 154 Å². The lowest BCUT2D eigenvalue weighted by atomic mass is 10.2. The average Bonchev–Trinajstić information content (AvgIpc) is 2.60. The number of halogens is 6. The molecule has 0 atom stereocenters. The summed E-state index contributed by atoms with van der Waals surface area (Å²) in [6.07, 6.45) is -7.41. The van der Waals surface area contributed by atoms with Crippen molar-refractivity contribution in [1.82, 2.24) is 14.9 Å². The van der Waals surface area contributed by atoms with Crippen molar-refractivity contribution in [1.29, 1.82) is 0 Å². The smallest absolute Gasteiger partial charge is 0.433 e. The molecule has 0 saturated carbocycles. The van der Waals surface area contributed by atoms with Crippen LogP contribution in [0.5, 0.6) is 0 Å². The van der Waals surface area contributed by atoms with Gasteiger partial charge in [0, 0.05) is 26.5 Å². The Morgan fingerprint density at radius 2 is 1.21 bits per heavy atom. The minimum absolute atomic E-state index is 0.132. The highest BCUT2D eigenvalue weighted by atomic mass is 19.4. The molecule has 2 rings (SSSR count). The highest BCUT2D eigenvalue weighted by molar-refractivity contribution is 5.93. The van der Waals surface area contributed by atoms with E-state index < -0.39 is 29.7 Å². The lowest BCUT2D eigenvalue weighted by Crippen LogP contribution is -2.22. The summed E-state index contributed by atoms with van der Waals surface area (Å²) in [5.74, 6) is -1.68. The first kappa shape index (κ1) is 22.9. The zero-order valence-electron chi connectivity index (χ0n) is 14.3. The molecule has 0 bridgehead atoms. The number of nitrogens with zero attached hydrogens (tertiary/aromatic N) is 3. The van der Waals surface area contributed by atoms with E-state index in [2.05, 4.69) is 9.97 Å². The number of aromatic nitrogens is 2. The molecule has 12 heteroatoms. The van der Waals surface area contributed by atoms with Gasteiger partial charge >= 0.3 is 18.3 Å². The zero-order chi connectivity index (χ0) is 21.7. The fraction of sp³-hybridized carbons (Fsp3) is 0.250. The fourth-order valence-electron chi connectivity index (χ4n) is 1.63. The Morgan fingerprint density at radius 1 is 0.821 bits per heavy atom. The minimum Gasteiger partial charge on any atom is -0.478 e. The molecular weight excluding hydrogens is 396 g/mol. The van der Waals surface area contributed by atoms with Crippen LogP contribution in [-0.2, 0) is 12.4 Å². The van der Waals surface area contributed by atoms with Crippen molar-refractivity contribution >= 4 is 11.9 Å². The molecule has 2 aromatic rings. The van der Waals surface area contributed by atoms with Gasteiger partial charge in [-0.25, -0.2) is 4.79 Å². The van der Waals surface area contributed by atoms with Crippen LogP contribution in [0.1, 0.15) is 32.1 Å². The van der Waals surface area contributed by atoms with Crippen molar-refractivity contribution in [3.05, 3.63) is 59.2 Å². The van der Waals surface area contributed by atoms with Crippen molar-refractivity contribution < 1.29 is 41.0 Å². The van der Waals surface area contributed by atoms with Gasteiger partial charge in [-0.15, -0.1) is 0 Å². The van der Waals surface area contributed by atoms with Crippen LogP contribution in [0.4, 0.5) is 26.3 Å². The first-order valence-electron chi connectivity index (χ1n) is 7.25. The molecule has 0 unspecified atom stereocenters. The standard InChI is InChI=1S/C9H9F3N2O.C7H4F3NO2/c1-14(2)8(15)6-3-4-7(13-5-6)9(10,11)12;8-7(9,10)5-2-1-4(3-11-5)6(12)13/h3-5H,1-2H3;1-3H,(H,12,13). The van der Waals surface area contributed by atoms with Gasteiger partial charge in [-0.1, -0.05) is 0 Å². The van der Waals surface area contributed by atoms with Crippen molar-refractivity contribution in [2.24, 2.45) is 0 Å². The topological polar surface area (TPSA) is 83.4 Å². The molecule has 0 aromatic carbocycles. The molecule has 0 spiro atoms. The van der Waals surface area contributed by atoms with Gasteiger partial charge in [0.25, 0.3) is 5.91 Å². The van der Waals surface area contributed by atoms with E-state index in [1.807, 2.05) is 0 Å². The highest BCUT2D eigenvalue weighted by Crippen LogP contribution is 2.27. The summed E-state index contributed by atoms with van der Waals surface area (Å²) in [5.41, 5.74) is -2.24. The van der Waals surface area contributed by atoms with Crippen LogP contribution in [0.25, 0.3) is 0 Å². The summed E-state index contributed by atoms with van der Waals surface area (Å²) in [4.78, 5) is 29.0. The molecule has 0 saturated heterocycles. The van der Waals surface area contributed by atoms with Crippen LogP contribution < -0.4 is 0 Å². The number of carbonyl (C=O) groups excluding carboxylic acids is 1. The molecule has 152 valence electrons. The maximum Gasteiger partial charge on any atom is 0.433 e. The number of alkyl halides is 6. The third kappa shape index (κ3) is 6.52. The number of pyridine rings is 2. The largest absolute Gasteiger partial charge is 0.478 e. The molecular formula is C16H13F6N3O3. The first-order valence-corrected chi connectivity index (χ1v) is 7.25. The fourth-order valence-corrected chi connectivity index (χ4v) is 1.63. The molecule has 2 heterocycles. The Morgan fingerprint density at radius 3 is 1.46 bits per heavy atom. The summed E-state index contributed by atoms with van der Waals surface area (Å²) in [6.45, 7) is 0. The van der Waals surface area contributed by atoms with Crippen molar-refractivity contribution in [2.75, 3.05) is 14.1 Å². The van der Waals surface area contributed by atoms with Gasteiger partial charge < -0.3 is 10.0 Å². The number of carboxylic acid groups (broad SMARTS) is 1. The van der Waals surface area contributed by atoms with Gasteiger partial charge in [-0.05, 0) is 24.3 Å². The van der Waals surface area contributed by atoms with E-state index in [0.717, 1.165) is 24.4 Å². The van der Waals surface area contributed by atoms with E-state index in [9.17, 15) is 35.9 Å². The number of hydrogen-bond donors (Lipinski definition) is 1. The van der Waals surface area contributed by atoms with Crippen LogP contribution >= 0.6 is 0 Å². The summed E-state index contributed by atoms with van der Waals surface area (Å²) in [6, 6.07) is 3.39. The first-order chi connectivity index (χ1) is 12.7. The number of hydrogen-bond acceptors (Lipinski definition) is 4. The Hall–Kier alpha value is -3.18. The Balaban J connectivity index is 0.000000283. The molecule has 0 aliphatic carbocycles. The van der Waals surface area contributed by atoms with Crippen LogP contribution in [0.15, 0.2) is 36.7 Å². The Kier molecular flexibility index (Phi) is 7.08. The van der Waals surface area contributed by atoms with E-state index in [1.54, 1.807) is 0 Å². The van der Waals surface area contributed by atoms with Gasteiger partial charge in [-0.2, -0.15) is 26.3 Å². The summed E-state index contributed by atoms with van der Waals surface area (Å²) in [5, 5.41) is 8.36. The third-order valence-corrected chi connectivity index (χ3v) is 3.01. The zero-order valence-corrected chi connectivity index (χ0v) is 14.3. The van der Waals surface area contributed by atoms with Crippen LogP contribution in [0, 0.1) is 0 Å². The number of carbonyl (C=O) groups is 2. The Bertz CT molecular complexity index is 816. The third-order valence-electron chi connectivity index (χ3n) is 3.01. The number of aromatic carboxylic acids is 1.